The number of hydrogen-bond acceptors (Lipinski definition) is 6. The molecule has 7 heteroatoms. The molecule has 7 nitrogen and oxygen atoms in total. The van der Waals surface area contributed by atoms with Crippen LogP contribution in [-0.2, 0) is 14.3 Å². The molecule has 0 radical (unpaired) electrons. The highest BCUT2D eigenvalue weighted by atomic mass is 16.5. The number of pyridine rings is 1. The third-order valence-electron chi connectivity index (χ3n) is 5.32. The minimum absolute atomic E-state index is 0.0649. The molecule has 0 spiro atoms. The van der Waals surface area contributed by atoms with Crippen molar-refractivity contribution in [3.05, 3.63) is 65.0 Å². The van der Waals surface area contributed by atoms with Crippen molar-refractivity contribution in [1.82, 2.24) is 9.88 Å². The molecule has 1 aliphatic heterocycles. The summed E-state index contributed by atoms with van der Waals surface area (Å²) in [7, 11) is 1.53. The van der Waals surface area contributed by atoms with E-state index in [0.29, 0.717) is 23.5 Å². The van der Waals surface area contributed by atoms with Crippen LogP contribution >= 0.6 is 0 Å². The van der Waals surface area contributed by atoms with E-state index in [1.165, 1.54) is 12.0 Å². The van der Waals surface area contributed by atoms with Crippen LogP contribution in [0.1, 0.15) is 42.5 Å². The highest BCUT2D eigenvalue weighted by molar-refractivity contribution is 6.46. The Morgan fingerprint density at radius 3 is 2.55 bits per heavy atom. The molecule has 0 aliphatic carbocycles. The average Bonchev–Trinajstić information content (AvgIpc) is 3.03. The number of hydrogen-bond donors (Lipinski definition) is 1. The van der Waals surface area contributed by atoms with Crippen LogP contribution in [0, 0.1) is 6.92 Å². The summed E-state index contributed by atoms with van der Waals surface area (Å²) < 4.78 is 10.8. The van der Waals surface area contributed by atoms with Crippen LogP contribution < -0.4 is 4.74 Å². The standard InChI is InChI=1S/C24H28N2O5/c1-4-5-13-31-18-6-7-19(16(2)15-18)22(27)20-21(17-8-10-25-11-9-17)26(12-14-30-3)24(29)23(20)28/h6-11,15,21,27H,4-5,12-14H2,1-3H3/t21-/m0/s1. The first-order valence-electron chi connectivity index (χ1n) is 10.4. The quantitative estimate of drug-likeness (QED) is 0.286. The van der Waals surface area contributed by atoms with Crippen LogP contribution in [0.3, 0.4) is 0 Å². The normalized spacial score (nSPS) is 17.9. The van der Waals surface area contributed by atoms with Crippen molar-refractivity contribution >= 4 is 17.4 Å². The van der Waals surface area contributed by atoms with Gasteiger partial charge in [0.15, 0.2) is 0 Å². The number of unbranched alkanes of at least 4 members (excludes halogenated alkanes) is 1. The van der Waals surface area contributed by atoms with E-state index < -0.39 is 17.7 Å². The molecule has 3 rings (SSSR count). The van der Waals surface area contributed by atoms with Gasteiger partial charge < -0.3 is 19.5 Å². The van der Waals surface area contributed by atoms with Gasteiger partial charge in [0, 0.05) is 31.6 Å². The first-order valence-corrected chi connectivity index (χ1v) is 10.4. The number of aliphatic hydroxyl groups is 1. The number of rotatable bonds is 9. The van der Waals surface area contributed by atoms with E-state index in [0.717, 1.165) is 18.4 Å². The Bertz CT molecular complexity index is 971. The number of ether oxygens (including phenoxy) is 2. The maximum absolute atomic E-state index is 12.9. The number of benzene rings is 1. The fraction of sp³-hybridized carbons (Fsp3) is 0.375. The van der Waals surface area contributed by atoms with Crippen molar-refractivity contribution < 1.29 is 24.2 Å². The van der Waals surface area contributed by atoms with Gasteiger partial charge in [-0.2, -0.15) is 0 Å². The van der Waals surface area contributed by atoms with Crippen LogP contribution in [0.2, 0.25) is 0 Å². The van der Waals surface area contributed by atoms with Crippen molar-refractivity contribution in [2.45, 2.75) is 32.7 Å². The molecule has 0 unspecified atom stereocenters. The average molecular weight is 424 g/mol. The molecule has 1 N–H and O–H groups in total. The second-order valence-corrected chi connectivity index (χ2v) is 7.44. The number of likely N-dealkylation sites (tertiary alicyclic amines) is 1. The van der Waals surface area contributed by atoms with Gasteiger partial charge in [-0.15, -0.1) is 0 Å². The smallest absolute Gasteiger partial charge is 0.295 e. The van der Waals surface area contributed by atoms with Crippen LogP contribution in [-0.4, -0.2) is 53.5 Å². The molecule has 1 atom stereocenters. The van der Waals surface area contributed by atoms with E-state index >= 15 is 0 Å². The topological polar surface area (TPSA) is 89.0 Å². The Balaban J connectivity index is 2.04. The first kappa shape index (κ1) is 22.5. The molecule has 31 heavy (non-hydrogen) atoms. The van der Waals surface area contributed by atoms with Crippen molar-refractivity contribution in [3.63, 3.8) is 0 Å². The van der Waals surface area contributed by atoms with E-state index in [9.17, 15) is 14.7 Å². The Kier molecular flexibility index (Phi) is 7.41. The Labute approximate surface area is 182 Å². The number of aromatic nitrogens is 1. The van der Waals surface area contributed by atoms with Gasteiger partial charge in [0.05, 0.1) is 24.8 Å². The summed E-state index contributed by atoms with van der Waals surface area (Å²) in [6.07, 6.45) is 5.19. The lowest BCUT2D eigenvalue weighted by atomic mass is 9.94. The van der Waals surface area contributed by atoms with Crippen molar-refractivity contribution in [3.8, 4) is 5.75 Å². The Morgan fingerprint density at radius 1 is 1.16 bits per heavy atom. The lowest BCUT2D eigenvalue weighted by molar-refractivity contribution is -0.140. The van der Waals surface area contributed by atoms with Gasteiger partial charge in [-0.1, -0.05) is 13.3 Å². The Morgan fingerprint density at radius 2 is 1.90 bits per heavy atom. The summed E-state index contributed by atoms with van der Waals surface area (Å²) in [4.78, 5) is 31.2. The van der Waals surface area contributed by atoms with E-state index in [2.05, 4.69) is 11.9 Å². The highest BCUT2D eigenvalue weighted by Gasteiger charge is 2.45. The molecule has 1 aromatic carbocycles. The van der Waals surface area contributed by atoms with Gasteiger partial charge in [-0.05, 0) is 54.8 Å². The predicted octanol–water partition coefficient (Wildman–Crippen LogP) is 3.64. The zero-order valence-corrected chi connectivity index (χ0v) is 18.1. The van der Waals surface area contributed by atoms with Gasteiger partial charge in [0.25, 0.3) is 11.7 Å². The minimum Gasteiger partial charge on any atom is -0.507 e. The van der Waals surface area contributed by atoms with Crippen LogP contribution in [0.25, 0.3) is 5.76 Å². The molecule has 2 aromatic rings. The van der Waals surface area contributed by atoms with Gasteiger partial charge in [-0.3, -0.25) is 14.6 Å². The lowest BCUT2D eigenvalue weighted by Crippen LogP contribution is -2.32. The van der Waals surface area contributed by atoms with Gasteiger partial charge >= 0.3 is 0 Å². The number of ketones is 1. The van der Waals surface area contributed by atoms with E-state index in [1.54, 1.807) is 36.7 Å². The third-order valence-corrected chi connectivity index (χ3v) is 5.32. The summed E-state index contributed by atoms with van der Waals surface area (Å²) in [6.45, 7) is 5.06. The molecule has 0 bridgehead atoms. The van der Waals surface area contributed by atoms with E-state index in [-0.39, 0.29) is 24.5 Å². The van der Waals surface area contributed by atoms with Crippen LogP contribution in [0.5, 0.6) is 5.75 Å². The fourth-order valence-electron chi connectivity index (χ4n) is 3.66. The molecular formula is C24H28N2O5. The van der Waals surface area contributed by atoms with Crippen molar-refractivity contribution in [2.75, 3.05) is 26.9 Å². The molecule has 1 aromatic heterocycles. The zero-order chi connectivity index (χ0) is 22.4. The minimum atomic E-state index is -0.710. The summed E-state index contributed by atoms with van der Waals surface area (Å²) >= 11 is 0. The number of aliphatic hydroxyl groups excluding tert-OH is 1. The molecular weight excluding hydrogens is 396 g/mol. The van der Waals surface area contributed by atoms with Crippen molar-refractivity contribution in [1.29, 1.82) is 0 Å². The zero-order valence-electron chi connectivity index (χ0n) is 18.1. The maximum atomic E-state index is 12.9. The third kappa shape index (κ3) is 4.77. The molecule has 1 amide bonds. The number of aryl methyl sites for hydroxylation is 1. The SMILES string of the molecule is CCCCOc1ccc(C(O)=C2C(=O)C(=O)N(CCOC)[C@H]2c2ccncc2)c(C)c1. The second kappa shape index (κ2) is 10.2. The van der Waals surface area contributed by atoms with Crippen LogP contribution in [0.4, 0.5) is 0 Å². The number of amides is 1. The number of Topliss-reactive ketones (excluding diaryl/α,β-unsaturated/α-hetero) is 1. The number of carbonyl (C=O) groups excluding carboxylic acids is 2. The number of methoxy groups -OCH3 is 1. The van der Waals surface area contributed by atoms with Gasteiger partial charge in [0.1, 0.15) is 11.5 Å². The highest BCUT2D eigenvalue weighted by Crippen LogP contribution is 2.39. The van der Waals surface area contributed by atoms with E-state index in [4.69, 9.17) is 9.47 Å². The summed E-state index contributed by atoms with van der Waals surface area (Å²) in [5.74, 6) is -0.859. The monoisotopic (exact) mass is 424 g/mol. The predicted molar refractivity (Wildman–Crippen MR) is 117 cm³/mol. The Hall–Kier alpha value is -3.19. The summed E-state index contributed by atoms with van der Waals surface area (Å²) in [5, 5.41) is 11.2. The summed E-state index contributed by atoms with van der Waals surface area (Å²) in [6, 6.07) is 8.08. The fourth-order valence-corrected chi connectivity index (χ4v) is 3.66. The molecule has 1 saturated heterocycles. The van der Waals surface area contributed by atoms with Crippen LogP contribution in [0.15, 0.2) is 48.3 Å². The largest absolute Gasteiger partial charge is 0.507 e. The molecule has 2 heterocycles. The first-order chi connectivity index (χ1) is 15.0. The molecule has 1 fully saturated rings. The van der Waals surface area contributed by atoms with Crippen molar-refractivity contribution in [2.24, 2.45) is 0 Å². The van der Waals surface area contributed by atoms with E-state index in [1.807, 2.05) is 13.0 Å². The van der Waals surface area contributed by atoms with Gasteiger partial charge in [-0.25, -0.2) is 0 Å². The van der Waals surface area contributed by atoms with Gasteiger partial charge in [0.2, 0.25) is 0 Å². The lowest BCUT2D eigenvalue weighted by Gasteiger charge is -2.25. The molecule has 164 valence electrons. The number of carbonyl (C=O) groups is 2. The second-order valence-electron chi connectivity index (χ2n) is 7.44. The summed E-state index contributed by atoms with van der Waals surface area (Å²) in [5.41, 5.74) is 2.01. The molecule has 0 saturated carbocycles. The maximum Gasteiger partial charge on any atom is 0.295 e. The number of nitrogens with zero attached hydrogens (tertiary/aromatic N) is 2. The molecule has 1 aliphatic rings.